The summed E-state index contributed by atoms with van der Waals surface area (Å²) in [6, 6.07) is 1.63. The van der Waals surface area contributed by atoms with Crippen LogP contribution in [0.1, 0.15) is 30.1 Å². The normalized spacial score (nSPS) is 18.3. The first-order chi connectivity index (χ1) is 8.53. The lowest BCUT2D eigenvalue weighted by Gasteiger charge is -2.32. The Balaban J connectivity index is 2.11. The lowest BCUT2D eigenvalue weighted by Crippen LogP contribution is -2.42. The first-order valence-electron chi connectivity index (χ1n) is 5.92. The second-order valence-electron chi connectivity index (χ2n) is 4.79. The molecule has 0 unspecified atom stereocenters. The van der Waals surface area contributed by atoms with Gasteiger partial charge in [0.05, 0.1) is 5.56 Å². The molecule has 4 N–H and O–H groups in total. The number of nitrogens with two attached hydrogens (primary N) is 1. The molecule has 0 saturated carbocycles. The Bertz CT molecular complexity index is 464. The third-order valence-electron chi connectivity index (χ3n) is 3.41. The molecule has 0 aromatic carbocycles. The van der Waals surface area contributed by atoms with E-state index in [1.807, 2.05) is 6.92 Å². The molecule has 1 aliphatic heterocycles. The van der Waals surface area contributed by atoms with E-state index >= 15 is 0 Å². The summed E-state index contributed by atoms with van der Waals surface area (Å²) in [6.45, 7) is 3.65. The van der Waals surface area contributed by atoms with E-state index < -0.39 is 5.91 Å². The second-order valence-corrected chi connectivity index (χ2v) is 5.71. The fraction of sp³-hybridized carbons (Fsp3) is 0.500. The van der Waals surface area contributed by atoms with Crippen molar-refractivity contribution in [1.82, 2.24) is 5.32 Å². The molecule has 0 spiro atoms. The Kier molecular flexibility index (Phi) is 3.68. The van der Waals surface area contributed by atoms with Crippen LogP contribution in [0.3, 0.4) is 0 Å². The van der Waals surface area contributed by atoms with Gasteiger partial charge < -0.3 is 16.4 Å². The van der Waals surface area contributed by atoms with Crippen LogP contribution in [0.5, 0.6) is 0 Å². The minimum absolute atomic E-state index is 0.0334. The van der Waals surface area contributed by atoms with Gasteiger partial charge in [0, 0.05) is 5.41 Å². The molecule has 1 fully saturated rings. The van der Waals surface area contributed by atoms with Gasteiger partial charge in [0.1, 0.15) is 5.00 Å². The summed E-state index contributed by atoms with van der Waals surface area (Å²) in [5.74, 6) is -0.545. The molecule has 1 aromatic rings. The molecule has 2 rings (SSSR count). The fourth-order valence-corrected chi connectivity index (χ4v) is 2.85. The molecule has 1 aromatic heterocycles. The van der Waals surface area contributed by atoms with Crippen LogP contribution in [0.2, 0.25) is 0 Å². The van der Waals surface area contributed by atoms with Crippen molar-refractivity contribution in [3.05, 3.63) is 17.0 Å². The van der Waals surface area contributed by atoms with Crippen molar-refractivity contribution < 1.29 is 9.59 Å². The van der Waals surface area contributed by atoms with Crippen molar-refractivity contribution >= 4 is 28.2 Å². The predicted molar refractivity (Wildman–Crippen MR) is 71.7 cm³/mol. The Morgan fingerprint density at radius 1 is 1.44 bits per heavy atom. The van der Waals surface area contributed by atoms with Gasteiger partial charge in [-0.25, -0.2) is 0 Å². The number of hydrogen-bond donors (Lipinski definition) is 3. The number of amides is 2. The summed E-state index contributed by atoms with van der Waals surface area (Å²) < 4.78 is 0. The third kappa shape index (κ3) is 2.54. The lowest BCUT2D eigenvalue weighted by molar-refractivity contribution is -0.126. The van der Waals surface area contributed by atoms with Crippen LogP contribution < -0.4 is 16.4 Å². The summed E-state index contributed by atoms with van der Waals surface area (Å²) >= 11 is 1.32. The lowest BCUT2D eigenvalue weighted by atomic mass is 9.80. The first-order valence-corrected chi connectivity index (χ1v) is 6.80. The van der Waals surface area contributed by atoms with Gasteiger partial charge in [-0.3, -0.25) is 9.59 Å². The molecule has 0 aliphatic carbocycles. The highest BCUT2D eigenvalue weighted by Crippen LogP contribution is 2.31. The summed E-state index contributed by atoms with van der Waals surface area (Å²) in [7, 11) is 0. The molecule has 0 radical (unpaired) electrons. The maximum Gasteiger partial charge on any atom is 0.251 e. The van der Waals surface area contributed by atoms with Gasteiger partial charge in [0.15, 0.2) is 0 Å². The minimum atomic E-state index is -0.512. The van der Waals surface area contributed by atoms with E-state index in [-0.39, 0.29) is 11.3 Å². The number of thiophene rings is 1. The largest absolute Gasteiger partial charge is 0.366 e. The zero-order valence-corrected chi connectivity index (χ0v) is 11.1. The van der Waals surface area contributed by atoms with E-state index in [4.69, 9.17) is 5.73 Å². The van der Waals surface area contributed by atoms with Gasteiger partial charge in [0.25, 0.3) is 5.91 Å². The zero-order chi connectivity index (χ0) is 13.2. The maximum absolute atomic E-state index is 12.3. The van der Waals surface area contributed by atoms with Gasteiger partial charge in [0.2, 0.25) is 5.91 Å². The molecular weight excluding hydrogens is 250 g/mol. The van der Waals surface area contributed by atoms with Crippen LogP contribution in [-0.2, 0) is 4.79 Å². The average molecular weight is 267 g/mol. The maximum atomic E-state index is 12.3. The van der Waals surface area contributed by atoms with Crippen molar-refractivity contribution in [3.8, 4) is 0 Å². The Morgan fingerprint density at radius 3 is 2.72 bits per heavy atom. The number of carbonyl (C=O) groups is 2. The number of nitrogens with one attached hydrogen (secondary N) is 2. The summed E-state index contributed by atoms with van der Waals surface area (Å²) in [4.78, 5) is 23.5. The van der Waals surface area contributed by atoms with E-state index in [1.165, 1.54) is 11.3 Å². The van der Waals surface area contributed by atoms with Crippen molar-refractivity contribution in [3.63, 3.8) is 0 Å². The van der Waals surface area contributed by atoms with Gasteiger partial charge in [-0.05, 0) is 37.4 Å². The standard InChI is InChI=1S/C12H17N3O2S/c1-12(3-5-14-6-4-12)11(17)15-10-8(9(13)16)2-7-18-10/h2,7,14H,3-6H2,1H3,(H2,13,16)(H,15,17). The van der Waals surface area contributed by atoms with Crippen LogP contribution in [0.15, 0.2) is 11.4 Å². The van der Waals surface area contributed by atoms with E-state index in [0.29, 0.717) is 10.6 Å². The molecule has 6 heteroatoms. The fourth-order valence-electron chi connectivity index (χ4n) is 2.06. The number of primary amides is 1. The van der Waals surface area contributed by atoms with E-state index in [1.54, 1.807) is 11.4 Å². The molecule has 2 amide bonds. The SMILES string of the molecule is CC1(C(=O)Nc2sccc2C(N)=O)CCNCC1. The van der Waals surface area contributed by atoms with Crippen molar-refractivity contribution in [2.24, 2.45) is 11.1 Å². The molecule has 18 heavy (non-hydrogen) atoms. The van der Waals surface area contributed by atoms with E-state index in [2.05, 4.69) is 10.6 Å². The summed E-state index contributed by atoms with van der Waals surface area (Å²) in [5, 5.41) is 8.36. The number of anilines is 1. The van der Waals surface area contributed by atoms with Crippen LogP contribution in [0.25, 0.3) is 0 Å². The quantitative estimate of drug-likeness (QED) is 0.768. The molecule has 2 heterocycles. The number of piperidine rings is 1. The van der Waals surface area contributed by atoms with Gasteiger partial charge in [-0.15, -0.1) is 11.3 Å². The monoisotopic (exact) mass is 267 g/mol. The van der Waals surface area contributed by atoms with Gasteiger partial charge in [-0.1, -0.05) is 6.92 Å². The van der Waals surface area contributed by atoms with E-state index in [0.717, 1.165) is 25.9 Å². The topological polar surface area (TPSA) is 84.2 Å². The van der Waals surface area contributed by atoms with Gasteiger partial charge in [-0.2, -0.15) is 0 Å². The highest BCUT2D eigenvalue weighted by Gasteiger charge is 2.35. The molecule has 1 saturated heterocycles. The highest BCUT2D eigenvalue weighted by atomic mass is 32.1. The highest BCUT2D eigenvalue weighted by molar-refractivity contribution is 7.14. The number of carbonyl (C=O) groups excluding carboxylic acids is 2. The third-order valence-corrected chi connectivity index (χ3v) is 4.24. The molecule has 1 aliphatic rings. The molecule has 98 valence electrons. The van der Waals surface area contributed by atoms with Crippen molar-refractivity contribution in [2.75, 3.05) is 18.4 Å². The zero-order valence-electron chi connectivity index (χ0n) is 10.3. The van der Waals surface area contributed by atoms with E-state index in [9.17, 15) is 9.59 Å². The van der Waals surface area contributed by atoms with Crippen molar-refractivity contribution in [2.45, 2.75) is 19.8 Å². The van der Waals surface area contributed by atoms with Crippen LogP contribution >= 0.6 is 11.3 Å². The Labute approximate surface area is 110 Å². The predicted octanol–water partition coefficient (Wildman–Crippen LogP) is 1.18. The van der Waals surface area contributed by atoms with Crippen LogP contribution in [0.4, 0.5) is 5.00 Å². The average Bonchev–Trinajstić information content (AvgIpc) is 2.78. The molecule has 0 atom stereocenters. The molecule has 5 nitrogen and oxygen atoms in total. The number of rotatable bonds is 3. The van der Waals surface area contributed by atoms with Crippen LogP contribution in [-0.4, -0.2) is 24.9 Å². The Morgan fingerprint density at radius 2 is 2.11 bits per heavy atom. The molecular formula is C12H17N3O2S. The van der Waals surface area contributed by atoms with Crippen molar-refractivity contribution in [1.29, 1.82) is 0 Å². The summed E-state index contributed by atoms with van der Waals surface area (Å²) in [6.07, 6.45) is 1.60. The summed E-state index contributed by atoms with van der Waals surface area (Å²) in [5.41, 5.74) is 5.26. The molecule has 0 bridgehead atoms. The number of hydrogen-bond acceptors (Lipinski definition) is 4. The second kappa shape index (κ2) is 5.07. The minimum Gasteiger partial charge on any atom is -0.366 e. The van der Waals surface area contributed by atoms with Crippen LogP contribution in [0, 0.1) is 5.41 Å². The first kappa shape index (κ1) is 13.0. The smallest absolute Gasteiger partial charge is 0.251 e. The Hall–Kier alpha value is -1.40. The van der Waals surface area contributed by atoms with Gasteiger partial charge >= 0.3 is 0 Å².